The van der Waals surface area contributed by atoms with Gasteiger partial charge in [-0.15, -0.1) is 0 Å². The van der Waals surface area contributed by atoms with Crippen LogP contribution in [0.5, 0.6) is 5.75 Å². The van der Waals surface area contributed by atoms with Gasteiger partial charge in [-0.05, 0) is 51.8 Å². The Morgan fingerprint density at radius 3 is 2.23 bits per heavy atom. The van der Waals surface area contributed by atoms with E-state index in [0.717, 1.165) is 11.1 Å². The minimum Gasteiger partial charge on any atom is -0.489 e. The second-order valence-electron chi connectivity index (χ2n) is 9.81. The molecule has 3 N–H and O–H groups in total. The van der Waals surface area contributed by atoms with Crippen LogP contribution in [-0.4, -0.2) is 49.4 Å². The molecule has 3 rings (SSSR count). The summed E-state index contributed by atoms with van der Waals surface area (Å²) in [6.07, 6.45) is 0.205. The summed E-state index contributed by atoms with van der Waals surface area (Å²) in [5.74, 6) is -0.375. The monoisotopic (exact) mass is 482 g/mol. The third kappa shape index (κ3) is 6.42. The van der Waals surface area contributed by atoms with Crippen molar-refractivity contribution in [3.05, 3.63) is 59.7 Å². The van der Waals surface area contributed by atoms with Crippen LogP contribution in [0.3, 0.4) is 0 Å². The van der Waals surface area contributed by atoms with Crippen molar-refractivity contribution in [2.75, 3.05) is 7.11 Å². The second-order valence-corrected chi connectivity index (χ2v) is 9.81. The summed E-state index contributed by atoms with van der Waals surface area (Å²) < 4.78 is 23.6. The van der Waals surface area contributed by atoms with Crippen LogP contribution in [0.1, 0.15) is 45.7 Å². The van der Waals surface area contributed by atoms with Crippen LogP contribution in [-0.2, 0) is 36.7 Å². The predicted molar refractivity (Wildman–Crippen MR) is 134 cm³/mol. The van der Waals surface area contributed by atoms with Crippen molar-refractivity contribution < 1.29 is 28.4 Å². The molecular weight excluding hydrogens is 447 g/mol. The van der Waals surface area contributed by atoms with Gasteiger partial charge in [0.15, 0.2) is 0 Å². The highest BCUT2D eigenvalue weighted by atomic mass is 16.7. The highest BCUT2D eigenvalue weighted by molar-refractivity contribution is 6.63. The number of ether oxygens (including phenoxy) is 2. The number of benzene rings is 2. The zero-order valence-corrected chi connectivity index (χ0v) is 21.3. The summed E-state index contributed by atoms with van der Waals surface area (Å²) in [6, 6.07) is 13.8. The Kier molecular flexibility index (Phi) is 8.25. The van der Waals surface area contributed by atoms with E-state index in [9.17, 15) is 9.59 Å². The van der Waals surface area contributed by atoms with Gasteiger partial charge in [0.05, 0.1) is 24.4 Å². The molecule has 0 aromatic heterocycles. The standard InChI is InChI=1S/C26H35BN2O6/c1-17(28)23(30)29-21(24(31)32-6)15-19-12-13-22(33-16-18-10-8-7-9-11-18)20(14-19)27-34-25(2,3)26(4,5)35-27/h7-14,17,21H,15-16,28H2,1-6H3,(H,29,30). The fourth-order valence-corrected chi connectivity index (χ4v) is 3.62. The molecule has 9 heteroatoms. The summed E-state index contributed by atoms with van der Waals surface area (Å²) in [6.45, 7) is 9.87. The van der Waals surface area contributed by atoms with E-state index >= 15 is 0 Å². The number of carbonyl (C=O) groups excluding carboxylic acids is 2. The first-order chi connectivity index (χ1) is 16.4. The van der Waals surface area contributed by atoms with Crippen LogP contribution < -0.4 is 21.3 Å². The Bertz CT molecular complexity index is 1030. The normalized spacial score (nSPS) is 18.0. The van der Waals surface area contributed by atoms with Gasteiger partial charge in [0.2, 0.25) is 5.91 Å². The third-order valence-corrected chi connectivity index (χ3v) is 6.47. The second kappa shape index (κ2) is 10.8. The van der Waals surface area contributed by atoms with Crippen LogP contribution in [0.4, 0.5) is 0 Å². The molecule has 1 aliphatic rings. The highest BCUT2D eigenvalue weighted by Crippen LogP contribution is 2.37. The molecule has 1 fully saturated rings. The third-order valence-electron chi connectivity index (χ3n) is 6.47. The van der Waals surface area contributed by atoms with Crippen LogP contribution in [0.15, 0.2) is 48.5 Å². The van der Waals surface area contributed by atoms with E-state index in [0.29, 0.717) is 17.8 Å². The molecule has 35 heavy (non-hydrogen) atoms. The van der Waals surface area contributed by atoms with E-state index < -0.39 is 42.3 Å². The molecule has 0 radical (unpaired) electrons. The molecular formula is C26H35BN2O6. The molecule has 1 aliphatic heterocycles. The molecule has 0 saturated carbocycles. The van der Waals surface area contributed by atoms with Gasteiger partial charge in [-0.3, -0.25) is 4.79 Å². The molecule has 2 unspecified atom stereocenters. The molecule has 8 nitrogen and oxygen atoms in total. The molecule has 1 saturated heterocycles. The number of hydrogen-bond acceptors (Lipinski definition) is 7. The Balaban J connectivity index is 1.91. The van der Waals surface area contributed by atoms with Crippen molar-refractivity contribution in [1.82, 2.24) is 5.32 Å². The van der Waals surface area contributed by atoms with Crippen molar-refractivity contribution in [2.45, 2.75) is 70.9 Å². The number of methoxy groups -OCH3 is 1. The first-order valence-corrected chi connectivity index (χ1v) is 11.7. The SMILES string of the molecule is COC(=O)C(Cc1ccc(OCc2ccccc2)c(B2OC(C)(C)C(C)(C)O2)c1)NC(=O)C(C)N. The van der Waals surface area contributed by atoms with Gasteiger partial charge in [0.1, 0.15) is 18.4 Å². The van der Waals surface area contributed by atoms with E-state index in [2.05, 4.69) is 5.32 Å². The average molecular weight is 482 g/mol. The molecule has 1 heterocycles. The lowest BCUT2D eigenvalue weighted by Gasteiger charge is -2.32. The lowest BCUT2D eigenvalue weighted by Crippen LogP contribution is -2.48. The predicted octanol–water partition coefficient (Wildman–Crippen LogP) is 2.11. The van der Waals surface area contributed by atoms with Crippen molar-refractivity contribution in [1.29, 1.82) is 0 Å². The van der Waals surface area contributed by atoms with Crippen molar-refractivity contribution in [3.63, 3.8) is 0 Å². The topological polar surface area (TPSA) is 109 Å². The quantitative estimate of drug-likeness (QED) is 0.416. The van der Waals surface area contributed by atoms with Crippen molar-refractivity contribution in [2.24, 2.45) is 5.73 Å². The van der Waals surface area contributed by atoms with Crippen LogP contribution in [0.2, 0.25) is 0 Å². The summed E-state index contributed by atoms with van der Waals surface area (Å²) in [7, 11) is 0.616. The molecule has 0 bridgehead atoms. The maximum absolute atomic E-state index is 12.4. The number of rotatable bonds is 9. The summed E-state index contributed by atoms with van der Waals surface area (Å²) in [5, 5.41) is 2.66. The van der Waals surface area contributed by atoms with E-state index in [4.69, 9.17) is 24.5 Å². The molecule has 2 atom stereocenters. The molecule has 0 aliphatic carbocycles. The molecule has 2 aromatic carbocycles. The number of nitrogens with two attached hydrogens (primary N) is 1. The fourth-order valence-electron chi connectivity index (χ4n) is 3.62. The smallest absolute Gasteiger partial charge is 0.489 e. The highest BCUT2D eigenvalue weighted by Gasteiger charge is 2.52. The number of hydrogen-bond donors (Lipinski definition) is 2. The Labute approximate surface area is 207 Å². The first kappa shape index (κ1) is 26.7. The fraction of sp³-hybridized carbons (Fsp3) is 0.462. The number of nitrogens with one attached hydrogen (secondary N) is 1. The zero-order chi connectivity index (χ0) is 25.8. The van der Waals surface area contributed by atoms with Gasteiger partial charge < -0.3 is 29.8 Å². The molecule has 1 amide bonds. The van der Waals surface area contributed by atoms with E-state index in [1.807, 2.05) is 76.2 Å². The maximum atomic E-state index is 12.4. The minimum atomic E-state index is -0.888. The lowest BCUT2D eigenvalue weighted by atomic mass is 9.77. The summed E-state index contributed by atoms with van der Waals surface area (Å²) in [5.41, 5.74) is 7.11. The Morgan fingerprint density at radius 1 is 1.03 bits per heavy atom. The maximum Gasteiger partial charge on any atom is 0.498 e. The summed E-state index contributed by atoms with van der Waals surface area (Å²) >= 11 is 0. The van der Waals surface area contributed by atoms with Crippen LogP contribution in [0, 0.1) is 0 Å². The van der Waals surface area contributed by atoms with Crippen LogP contribution >= 0.6 is 0 Å². The zero-order valence-electron chi connectivity index (χ0n) is 21.3. The van der Waals surface area contributed by atoms with Gasteiger partial charge >= 0.3 is 13.1 Å². The molecule has 188 valence electrons. The number of carbonyl (C=O) groups is 2. The van der Waals surface area contributed by atoms with Crippen molar-refractivity contribution >= 4 is 24.5 Å². The minimum absolute atomic E-state index is 0.205. The Hall–Kier alpha value is -2.88. The van der Waals surface area contributed by atoms with Gasteiger partial charge in [-0.1, -0.05) is 42.5 Å². The average Bonchev–Trinajstić information content (AvgIpc) is 3.04. The largest absolute Gasteiger partial charge is 0.498 e. The van der Waals surface area contributed by atoms with Gasteiger partial charge in [0, 0.05) is 11.9 Å². The lowest BCUT2D eigenvalue weighted by molar-refractivity contribution is -0.145. The first-order valence-electron chi connectivity index (χ1n) is 11.7. The van der Waals surface area contributed by atoms with E-state index in [1.54, 1.807) is 6.92 Å². The molecule has 0 spiro atoms. The van der Waals surface area contributed by atoms with Crippen molar-refractivity contribution in [3.8, 4) is 5.75 Å². The van der Waals surface area contributed by atoms with Crippen LogP contribution in [0.25, 0.3) is 0 Å². The molecule has 2 aromatic rings. The number of esters is 1. The Morgan fingerprint density at radius 2 is 1.66 bits per heavy atom. The van der Waals surface area contributed by atoms with E-state index in [-0.39, 0.29) is 6.42 Å². The summed E-state index contributed by atoms with van der Waals surface area (Å²) in [4.78, 5) is 24.5. The van der Waals surface area contributed by atoms with Gasteiger partial charge in [0.25, 0.3) is 0 Å². The van der Waals surface area contributed by atoms with Gasteiger partial charge in [-0.2, -0.15) is 0 Å². The number of amides is 1. The van der Waals surface area contributed by atoms with E-state index in [1.165, 1.54) is 7.11 Å². The van der Waals surface area contributed by atoms with Gasteiger partial charge in [-0.25, -0.2) is 4.79 Å².